The molecule has 6 heteroatoms. The van der Waals surface area contributed by atoms with Gasteiger partial charge in [-0.25, -0.2) is 4.39 Å². The van der Waals surface area contributed by atoms with E-state index in [1.54, 1.807) is 36.5 Å². The van der Waals surface area contributed by atoms with Gasteiger partial charge in [0.1, 0.15) is 5.82 Å². The molecule has 0 spiro atoms. The quantitative estimate of drug-likeness (QED) is 0.777. The van der Waals surface area contributed by atoms with Gasteiger partial charge in [0.2, 0.25) is 11.8 Å². The molecule has 0 saturated heterocycles. The first-order chi connectivity index (χ1) is 12.0. The number of likely N-dealkylation sites (N-methyl/N-ethyl adjacent to an activating group) is 1. The Morgan fingerprint density at radius 2 is 1.76 bits per heavy atom. The van der Waals surface area contributed by atoms with Crippen LogP contribution >= 0.6 is 0 Å². The average Bonchev–Trinajstić information content (AvgIpc) is 2.61. The van der Waals surface area contributed by atoms with E-state index in [4.69, 9.17) is 0 Å². The first-order valence-corrected chi connectivity index (χ1v) is 8.14. The summed E-state index contributed by atoms with van der Waals surface area (Å²) in [5.41, 5.74) is 1.30. The minimum atomic E-state index is -0.476. The Morgan fingerprint density at radius 3 is 2.40 bits per heavy atom. The van der Waals surface area contributed by atoms with Crippen molar-refractivity contribution in [2.75, 3.05) is 25.0 Å². The highest BCUT2D eigenvalue weighted by atomic mass is 19.1. The smallest absolute Gasteiger partial charge is 0.224 e. The number of hydrogen-bond acceptors (Lipinski definition) is 3. The van der Waals surface area contributed by atoms with E-state index < -0.39 is 5.82 Å². The van der Waals surface area contributed by atoms with Gasteiger partial charge in [-0.2, -0.15) is 0 Å². The van der Waals surface area contributed by atoms with Crippen LogP contribution in [0.4, 0.5) is 10.1 Å². The Kier molecular flexibility index (Phi) is 6.62. The molecule has 0 saturated carbocycles. The van der Waals surface area contributed by atoms with Crippen LogP contribution in [-0.2, 0) is 16.0 Å². The van der Waals surface area contributed by atoms with E-state index in [2.05, 4.69) is 4.98 Å². The third-order valence-corrected chi connectivity index (χ3v) is 3.98. The summed E-state index contributed by atoms with van der Waals surface area (Å²) < 4.78 is 13.9. The molecule has 1 heterocycles. The molecule has 132 valence electrons. The first-order valence-electron chi connectivity index (χ1n) is 8.14. The van der Waals surface area contributed by atoms with E-state index in [0.29, 0.717) is 6.54 Å². The third-order valence-electron chi connectivity index (χ3n) is 3.98. The largest absolute Gasteiger partial charge is 0.345 e. The molecule has 0 bridgehead atoms. The molecule has 0 atom stereocenters. The lowest BCUT2D eigenvalue weighted by molar-refractivity contribution is -0.129. The summed E-state index contributed by atoms with van der Waals surface area (Å²) in [6.07, 6.45) is 4.31. The Labute approximate surface area is 147 Å². The van der Waals surface area contributed by atoms with Crippen LogP contribution in [0.25, 0.3) is 0 Å². The monoisotopic (exact) mass is 343 g/mol. The second-order valence-corrected chi connectivity index (χ2v) is 5.79. The van der Waals surface area contributed by atoms with Crippen LogP contribution in [-0.4, -0.2) is 41.8 Å². The van der Waals surface area contributed by atoms with E-state index >= 15 is 0 Å². The van der Waals surface area contributed by atoms with Crippen molar-refractivity contribution >= 4 is 17.5 Å². The lowest BCUT2D eigenvalue weighted by Gasteiger charge is -2.23. The van der Waals surface area contributed by atoms with E-state index in [1.165, 1.54) is 24.0 Å². The van der Waals surface area contributed by atoms with Gasteiger partial charge >= 0.3 is 0 Å². The molecule has 1 aromatic heterocycles. The van der Waals surface area contributed by atoms with Crippen molar-refractivity contribution in [1.29, 1.82) is 0 Å². The van der Waals surface area contributed by atoms with Crippen LogP contribution < -0.4 is 4.90 Å². The Hall–Kier alpha value is -2.76. The Balaban J connectivity index is 1.90. The predicted octanol–water partition coefficient (Wildman–Crippen LogP) is 2.66. The summed E-state index contributed by atoms with van der Waals surface area (Å²) >= 11 is 0. The number of rotatable bonds is 7. The van der Waals surface area contributed by atoms with Crippen LogP contribution in [0.2, 0.25) is 0 Å². The highest BCUT2D eigenvalue weighted by Crippen LogP contribution is 2.19. The molecule has 2 rings (SSSR count). The molecule has 25 heavy (non-hydrogen) atoms. The van der Waals surface area contributed by atoms with Crippen LogP contribution in [0.15, 0.2) is 48.8 Å². The molecule has 0 aliphatic heterocycles. The highest BCUT2D eigenvalue weighted by molar-refractivity contribution is 5.92. The molecule has 0 unspecified atom stereocenters. The van der Waals surface area contributed by atoms with Crippen molar-refractivity contribution in [3.8, 4) is 0 Å². The molecular formula is C19H22FN3O2. The van der Waals surface area contributed by atoms with Crippen molar-refractivity contribution < 1.29 is 14.0 Å². The van der Waals surface area contributed by atoms with Gasteiger partial charge in [0.15, 0.2) is 0 Å². The molecule has 5 nitrogen and oxygen atoms in total. The Bertz CT molecular complexity index is 722. The molecule has 0 aliphatic rings. The number of amides is 2. The molecular weight excluding hydrogens is 321 g/mol. The minimum Gasteiger partial charge on any atom is -0.345 e. The first kappa shape index (κ1) is 18.6. The molecule has 2 amide bonds. The van der Waals surface area contributed by atoms with Gasteiger partial charge in [-0.1, -0.05) is 12.1 Å². The van der Waals surface area contributed by atoms with E-state index in [9.17, 15) is 14.0 Å². The maximum Gasteiger partial charge on any atom is 0.224 e. The predicted molar refractivity (Wildman–Crippen MR) is 94.6 cm³/mol. The number of halogens is 1. The summed E-state index contributed by atoms with van der Waals surface area (Å²) in [7, 11) is 1.73. The van der Waals surface area contributed by atoms with Gasteiger partial charge in [-0.15, -0.1) is 0 Å². The summed E-state index contributed by atoms with van der Waals surface area (Å²) in [6.45, 7) is 2.08. The fourth-order valence-corrected chi connectivity index (χ4v) is 2.49. The number of anilines is 1. The number of para-hydroxylation sites is 1. The maximum atomic E-state index is 13.9. The van der Waals surface area contributed by atoms with Crippen LogP contribution in [0, 0.1) is 5.82 Å². The standard InChI is InChI=1S/C19H22FN3O2/c1-15(24)23(18-6-4-3-5-17(18)20)14-10-19(25)22(2)13-9-16-7-11-21-12-8-16/h3-8,11-12H,9-10,13-14H2,1-2H3. The van der Waals surface area contributed by atoms with Crippen molar-refractivity contribution in [1.82, 2.24) is 9.88 Å². The zero-order chi connectivity index (χ0) is 18.2. The average molecular weight is 343 g/mol. The SMILES string of the molecule is CC(=O)N(CCC(=O)N(C)CCc1ccncc1)c1ccccc1F. The number of benzene rings is 1. The van der Waals surface area contributed by atoms with E-state index in [1.807, 2.05) is 12.1 Å². The van der Waals surface area contributed by atoms with Gasteiger partial charge in [0.05, 0.1) is 5.69 Å². The van der Waals surface area contributed by atoms with Crippen molar-refractivity contribution in [2.24, 2.45) is 0 Å². The lowest BCUT2D eigenvalue weighted by atomic mass is 10.2. The van der Waals surface area contributed by atoms with Gasteiger partial charge in [-0.3, -0.25) is 14.6 Å². The second-order valence-electron chi connectivity index (χ2n) is 5.79. The van der Waals surface area contributed by atoms with Crippen molar-refractivity contribution in [3.05, 3.63) is 60.2 Å². The fraction of sp³-hybridized carbons (Fsp3) is 0.316. The molecule has 0 aliphatic carbocycles. The number of carbonyl (C=O) groups excluding carboxylic acids is 2. The zero-order valence-corrected chi connectivity index (χ0v) is 14.5. The van der Waals surface area contributed by atoms with Gasteiger partial charge < -0.3 is 9.80 Å². The molecule has 1 aromatic carbocycles. The van der Waals surface area contributed by atoms with Gasteiger partial charge in [0, 0.05) is 45.9 Å². The summed E-state index contributed by atoms with van der Waals surface area (Å²) in [4.78, 5) is 31.0. The number of aromatic nitrogens is 1. The van der Waals surface area contributed by atoms with Crippen LogP contribution in [0.3, 0.4) is 0 Å². The molecule has 2 aromatic rings. The van der Waals surface area contributed by atoms with Gasteiger partial charge in [0.25, 0.3) is 0 Å². The molecule has 0 radical (unpaired) electrons. The topological polar surface area (TPSA) is 53.5 Å². The van der Waals surface area contributed by atoms with Crippen LogP contribution in [0.5, 0.6) is 0 Å². The Morgan fingerprint density at radius 1 is 1.08 bits per heavy atom. The number of nitrogens with zero attached hydrogens (tertiary/aromatic N) is 3. The minimum absolute atomic E-state index is 0.0864. The van der Waals surface area contributed by atoms with E-state index in [0.717, 1.165) is 12.0 Å². The number of carbonyl (C=O) groups is 2. The summed E-state index contributed by atoms with van der Waals surface area (Å²) in [6, 6.07) is 9.89. The lowest BCUT2D eigenvalue weighted by Crippen LogP contribution is -2.35. The third kappa shape index (κ3) is 5.38. The van der Waals surface area contributed by atoms with Crippen molar-refractivity contribution in [3.63, 3.8) is 0 Å². The molecule has 0 fully saturated rings. The van der Waals surface area contributed by atoms with Crippen molar-refractivity contribution in [2.45, 2.75) is 19.8 Å². The van der Waals surface area contributed by atoms with Crippen LogP contribution in [0.1, 0.15) is 18.9 Å². The fourth-order valence-electron chi connectivity index (χ4n) is 2.49. The highest BCUT2D eigenvalue weighted by Gasteiger charge is 2.18. The normalized spacial score (nSPS) is 10.4. The number of pyridine rings is 1. The maximum absolute atomic E-state index is 13.9. The second kappa shape index (κ2) is 8.92. The van der Waals surface area contributed by atoms with Gasteiger partial charge in [-0.05, 0) is 36.2 Å². The summed E-state index contributed by atoms with van der Waals surface area (Å²) in [5, 5.41) is 0. The number of hydrogen-bond donors (Lipinski definition) is 0. The zero-order valence-electron chi connectivity index (χ0n) is 14.5. The van der Waals surface area contributed by atoms with E-state index in [-0.39, 0.29) is 30.5 Å². The molecule has 0 N–H and O–H groups in total. The summed E-state index contributed by atoms with van der Waals surface area (Å²) in [5.74, 6) is -0.856.